The largest absolute Gasteiger partial charge is 0.415 e. The molecule has 2 N–H and O–H groups in total. The molecule has 0 rings (SSSR count). The van der Waals surface area contributed by atoms with Gasteiger partial charge in [-0.3, -0.25) is 0 Å². The number of hydrogen-bond donors (Lipinski definition) is 2. The SMILES string of the molecule is CC[Si](O)(CC)O[Si](O)(CC)CC. The van der Waals surface area contributed by atoms with E-state index in [-0.39, 0.29) is 0 Å². The summed E-state index contributed by atoms with van der Waals surface area (Å²) in [6, 6.07) is 2.66. The fourth-order valence-electron chi connectivity index (χ4n) is 1.14. The quantitative estimate of drug-likeness (QED) is 0.675. The lowest BCUT2D eigenvalue weighted by molar-refractivity contribution is 0.298. The van der Waals surface area contributed by atoms with Gasteiger partial charge in [-0.15, -0.1) is 0 Å². The van der Waals surface area contributed by atoms with Gasteiger partial charge in [-0.25, -0.2) is 0 Å². The second-order valence-electron chi connectivity index (χ2n) is 3.41. The summed E-state index contributed by atoms with van der Waals surface area (Å²) >= 11 is 0. The van der Waals surface area contributed by atoms with E-state index in [1.54, 1.807) is 0 Å². The van der Waals surface area contributed by atoms with Gasteiger partial charge in [0.2, 0.25) is 0 Å². The summed E-state index contributed by atoms with van der Waals surface area (Å²) in [5.41, 5.74) is 0. The summed E-state index contributed by atoms with van der Waals surface area (Å²) in [4.78, 5) is 20.0. The zero-order chi connectivity index (χ0) is 10.5. The van der Waals surface area contributed by atoms with Crippen LogP contribution in [0.4, 0.5) is 0 Å². The van der Waals surface area contributed by atoms with Crippen molar-refractivity contribution in [1.82, 2.24) is 0 Å². The standard InChI is InChI=1S/C8H22O3Si2/c1-5-12(9,6-2)11-13(10,7-3)8-4/h9-10H,5-8H2,1-4H3. The Balaban J connectivity index is 4.36. The van der Waals surface area contributed by atoms with E-state index in [9.17, 15) is 9.59 Å². The van der Waals surface area contributed by atoms with Crippen molar-refractivity contribution in [3.63, 3.8) is 0 Å². The van der Waals surface area contributed by atoms with Crippen LogP contribution in [0.2, 0.25) is 24.2 Å². The Morgan fingerprint density at radius 1 is 0.769 bits per heavy atom. The summed E-state index contributed by atoms with van der Waals surface area (Å²) in [5.74, 6) is 0. The lowest BCUT2D eigenvalue weighted by Crippen LogP contribution is -2.50. The van der Waals surface area contributed by atoms with Crippen molar-refractivity contribution >= 4 is 17.1 Å². The monoisotopic (exact) mass is 222 g/mol. The summed E-state index contributed by atoms with van der Waals surface area (Å²) in [6.45, 7) is 7.71. The van der Waals surface area contributed by atoms with E-state index in [1.807, 2.05) is 27.7 Å². The predicted molar refractivity (Wildman–Crippen MR) is 59.0 cm³/mol. The molecule has 3 nitrogen and oxygen atoms in total. The van der Waals surface area contributed by atoms with Gasteiger partial charge in [0.1, 0.15) is 0 Å². The van der Waals surface area contributed by atoms with Crippen LogP contribution in [0.3, 0.4) is 0 Å². The summed E-state index contributed by atoms with van der Waals surface area (Å²) in [5, 5.41) is 0. The van der Waals surface area contributed by atoms with Gasteiger partial charge in [-0.05, 0) is 24.2 Å². The highest BCUT2D eigenvalue weighted by molar-refractivity contribution is 6.79. The second kappa shape index (κ2) is 5.26. The fraction of sp³-hybridized carbons (Fsp3) is 1.00. The molecular formula is C8H22O3Si2. The summed E-state index contributed by atoms with van der Waals surface area (Å²) < 4.78 is 5.61. The Bertz CT molecular complexity index is 128. The van der Waals surface area contributed by atoms with Crippen LogP contribution in [-0.2, 0) is 4.12 Å². The molecule has 0 heterocycles. The first-order valence-corrected chi connectivity index (χ1v) is 9.64. The van der Waals surface area contributed by atoms with E-state index in [0.29, 0.717) is 24.2 Å². The Kier molecular flexibility index (Phi) is 5.38. The molecule has 0 aliphatic rings. The van der Waals surface area contributed by atoms with E-state index in [2.05, 4.69) is 0 Å². The van der Waals surface area contributed by atoms with E-state index in [1.165, 1.54) is 0 Å². The third-order valence-corrected chi connectivity index (χ3v) is 10.0. The van der Waals surface area contributed by atoms with Gasteiger partial charge >= 0.3 is 17.1 Å². The number of hydrogen-bond acceptors (Lipinski definition) is 3. The molecule has 0 aliphatic heterocycles. The first kappa shape index (κ1) is 13.3. The second-order valence-corrected chi connectivity index (χ2v) is 10.8. The number of rotatable bonds is 6. The molecule has 0 aromatic carbocycles. The van der Waals surface area contributed by atoms with Gasteiger partial charge in [-0.2, -0.15) is 0 Å². The molecule has 0 amide bonds. The molecule has 0 radical (unpaired) electrons. The van der Waals surface area contributed by atoms with Crippen molar-refractivity contribution in [2.24, 2.45) is 0 Å². The van der Waals surface area contributed by atoms with Gasteiger partial charge in [0.05, 0.1) is 0 Å². The van der Waals surface area contributed by atoms with E-state index in [0.717, 1.165) is 0 Å². The molecule has 0 saturated heterocycles. The smallest absolute Gasteiger partial charge is 0.326 e. The molecule has 0 saturated carbocycles. The van der Waals surface area contributed by atoms with Crippen LogP contribution in [0.25, 0.3) is 0 Å². The Morgan fingerprint density at radius 3 is 1.15 bits per heavy atom. The van der Waals surface area contributed by atoms with Crippen LogP contribution in [0.5, 0.6) is 0 Å². The summed E-state index contributed by atoms with van der Waals surface area (Å²) in [7, 11) is -5.13. The highest BCUT2D eigenvalue weighted by atomic mass is 28.5. The lowest BCUT2D eigenvalue weighted by atomic mass is 10.9. The average molecular weight is 222 g/mol. The zero-order valence-corrected chi connectivity index (χ0v) is 11.1. The maximum absolute atomic E-state index is 10.0. The predicted octanol–water partition coefficient (Wildman–Crippen LogP) is 1.95. The maximum atomic E-state index is 10.0. The first-order valence-electron chi connectivity index (χ1n) is 5.10. The van der Waals surface area contributed by atoms with Crippen LogP contribution < -0.4 is 0 Å². The third-order valence-electron chi connectivity index (χ3n) is 2.59. The van der Waals surface area contributed by atoms with Crippen molar-refractivity contribution in [2.75, 3.05) is 0 Å². The van der Waals surface area contributed by atoms with Gasteiger partial charge in [0.25, 0.3) is 0 Å². The van der Waals surface area contributed by atoms with Crippen LogP contribution >= 0.6 is 0 Å². The molecule has 13 heavy (non-hydrogen) atoms. The molecule has 80 valence electrons. The van der Waals surface area contributed by atoms with Crippen LogP contribution in [0, 0.1) is 0 Å². The van der Waals surface area contributed by atoms with Gasteiger partial charge in [0.15, 0.2) is 0 Å². The molecule has 0 aliphatic carbocycles. The van der Waals surface area contributed by atoms with Crippen molar-refractivity contribution in [1.29, 1.82) is 0 Å². The van der Waals surface area contributed by atoms with Gasteiger partial charge in [-0.1, -0.05) is 27.7 Å². The van der Waals surface area contributed by atoms with Gasteiger partial charge in [0, 0.05) is 0 Å². The molecule has 0 bridgehead atoms. The van der Waals surface area contributed by atoms with Crippen molar-refractivity contribution in [3.05, 3.63) is 0 Å². The van der Waals surface area contributed by atoms with Crippen molar-refractivity contribution in [2.45, 2.75) is 51.9 Å². The van der Waals surface area contributed by atoms with Crippen LogP contribution in [0.1, 0.15) is 27.7 Å². The fourth-order valence-corrected chi connectivity index (χ4v) is 7.28. The molecule has 0 atom stereocenters. The molecule has 0 fully saturated rings. The normalized spacial score (nSPS) is 13.4. The van der Waals surface area contributed by atoms with E-state index in [4.69, 9.17) is 4.12 Å². The maximum Gasteiger partial charge on any atom is 0.326 e. The van der Waals surface area contributed by atoms with Crippen molar-refractivity contribution in [3.8, 4) is 0 Å². The Labute approximate surface area is 83.3 Å². The zero-order valence-electron chi connectivity index (χ0n) is 9.13. The highest BCUT2D eigenvalue weighted by Crippen LogP contribution is 2.22. The average Bonchev–Trinajstić information content (AvgIpc) is 2.17. The van der Waals surface area contributed by atoms with Crippen molar-refractivity contribution < 1.29 is 13.7 Å². The Morgan fingerprint density at radius 2 is 1.00 bits per heavy atom. The summed E-state index contributed by atoms with van der Waals surface area (Å²) in [6.07, 6.45) is 0. The third kappa shape index (κ3) is 3.91. The molecule has 0 aromatic rings. The van der Waals surface area contributed by atoms with Gasteiger partial charge < -0.3 is 13.7 Å². The minimum Gasteiger partial charge on any atom is -0.415 e. The lowest BCUT2D eigenvalue weighted by Gasteiger charge is -2.32. The first-order chi connectivity index (χ1) is 5.95. The molecule has 0 unspecified atom stereocenters. The highest BCUT2D eigenvalue weighted by Gasteiger charge is 2.40. The van der Waals surface area contributed by atoms with E-state index < -0.39 is 17.1 Å². The molecule has 0 aromatic heterocycles. The molecule has 5 heteroatoms. The molecule has 0 spiro atoms. The topological polar surface area (TPSA) is 49.7 Å². The Hall–Kier alpha value is 0.314. The van der Waals surface area contributed by atoms with Crippen LogP contribution in [0.15, 0.2) is 0 Å². The van der Waals surface area contributed by atoms with Crippen LogP contribution in [-0.4, -0.2) is 26.7 Å². The minimum absolute atomic E-state index is 0.665. The minimum atomic E-state index is -2.56. The molecular weight excluding hydrogens is 200 g/mol. The van der Waals surface area contributed by atoms with E-state index >= 15 is 0 Å².